The van der Waals surface area contributed by atoms with Gasteiger partial charge in [0.1, 0.15) is 0 Å². The van der Waals surface area contributed by atoms with Crippen LogP contribution in [-0.2, 0) is 4.79 Å². The lowest BCUT2D eigenvalue weighted by Gasteiger charge is -2.29. The highest BCUT2D eigenvalue weighted by Crippen LogP contribution is 2.35. The van der Waals surface area contributed by atoms with E-state index in [1.54, 1.807) is 11.3 Å². The van der Waals surface area contributed by atoms with E-state index in [1.165, 1.54) is 4.88 Å². The number of nitrogens with zero attached hydrogens (tertiary/aromatic N) is 1. The van der Waals surface area contributed by atoms with Gasteiger partial charge in [0.2, 0.25) is 5.91 Å². The Balaban J connectivity index is 2.10. The van der Waals surface area contributed by atoms with Gasteiger partial charge in [0.25, 0.3) is 0 Å². The Hall–Kier alpha value is -0.870. The maximum atomic E-state index is 12.5. The Morgan fingerprint density at radius 2 is 2.44 bits per heavy atom. The molecule has 0 radical (unpaired) electrons. The summed E-state index contributed by atoms with van der Waals surface area (Å²) in [5.41, 5.74) is 6.08. The number of rotatable bonds is 4. The summed E-state index contributed by atoms with van der Waals surface area (Å²) in [6.07, 6.45) is 3.10. The molecule has 2 unspecified atom stereocenters. The average molecular weight is 266 g/mol. The smallest absolute Gasteiger partial charge is 0.240 e. The van der Waals surface area contributed by atoms with Crippen LogP contribution in [0.15, 0.2) is 17.5 Å². The molecule has 1 aromatic heterocycles. The van der Waals surface area contributed by atoms with E-state index in [1.807, 2.05) is 4.90 Å². The number of carbonyl (C=O) groups excluding carboxylic acids is 1. The van der Waals surface area contributed by atoms with Gasteiger partial charge in [-0.25, -0.2) is 0 Å². The number of likely N-dealkylation sites (tertiary alicyclic amines) is 1. The topological polar surface area (TPSA) is 46.3 Å². The first-order chi connectivity index (χ1) is 8.65. The normalized spacial score (nSPS) is 23.1. The van der Waals surface area contributed by atoms with Crippen molar-refractivity contribution in [3.63, 3.8) is 0 Å². The van der Waals surface area contributed by atoms with Gasteiger partial charge in [-0.3, -0.25) is 4.79 Å². The molecule has 18 heavy (non-hydrogen) atoms. The van der Waals surface area contributed by atoms with Crippen LogP contribution in [0.25, 0.3) is 0 Å². The maximum absolute atomic E-state index is 12.5. The van der Waals surface area contributed by atoms with E-state index in [0.29, 0.717) is 0 Å². The van der Waals surface area contributed by atoms with Crippen LogP contribution in [0.3, 0.4) is 0 Å². The highest BCUT2D eigenvalue weighted by atomic mass is 32.1. The van der Waals surface area contributed by atoms with Crippen LogP contribution in [0.4, 0.5) is 0 Å². The van der Waals surface area contributed by atoms with E-state index >= 15 is 0 Å². The third kappa shape index (κ3) is 2.59. The number of hydrogen-bond acceptors (Lipinski definition) is 3. The minimum atomic E-state index is -0.351. The van der Waals surface area contributed by atoms with Gasteiger partial charge in [0, 0.05) is 11.4 Å². The minimum Gasteiger partial charge on any atom is -0.333 e. The van der Waals surface area contributed by atoms with Crippen molar-refractivity contribution >= 4 is 17.2 Å². The summed E-state index contributed by atoms with van der Waals surface area (Å²) in [4.78, 5) is 15.7. The Kier molecular flexibility index (Phi) is 4.40. The molecule has 1 saturated heterocycles. The molecule has 4 heteroatoms. The predicted octanol–water partition coefficient (Wildman–Crippen LogP) is 2.79. The van der Waals surface area contributed by atoms with Crippen LogP contribution in [-0.4, -0.2) is 23.4 Å². The molecule has 2 rings (SSSR count). The summed E-state index contributed by atoms with van der Waals surface area (Å²) in [6, 6.07) is 4.08. The number of thiophene rings is 1. The van der Waals surface area contributed by atoms with Crippen LogP contribution >= 0.6 is 11.3 Å². The zero-order valence-corrected chi connectivity index (χ0v) is 12.0. The van der Waals surface area contributed by atoms with Crippen molar-refractivity contribution in [1.82, 2.24) is 4.90 Å². The van der Waals surface area contributed by atoms with Crippen LogP contribution in [0.1, 0.15) is 44.0 Å². The number of amides is 1. The van der Waals surface area contributed by atoms with Crippen LogP contribution < -0.4 is 5.73 Å². The molecule has 2 N–H and O–H groups in total. The highest BCUT2D eigenvalue weighted by Gasteiger charge is 2.34. The first kappa shape index (κ1) is 13.6. The molecule has 0 aromatic carbocycles. The third-order valence-electron chi connectivity index (χ3n) is 3.95. The Labute approximate surface area is 113 Å². The number of hydrogen-bond donors (Lipinski definition) is 1. The van der Waals surface area contributed by atoms with Crippen molar-refractivity contribution in [2.24, 2.45) is 11.7 Å². The predicted molar refractivity (Wildman–Crippen MR) is 75.4 cm³/mol. The van der Waals surface area contributed by atoms with E-state index in [9.17, 15) is 4.79 Å². The quantitative estimate of drug-likeness (QED) is 0.911. The summed E-state index contributed by atoms with van der Waals surface area (Å²) in [5.74, 6) is 0.377. The Bertz CT molecular complexity index is 391. The molecular formula is C14H22N2OS. The van der Waals surface area contributed by atoms with Crippen LogP contribution in [0.2, 0.25) is 0 Å². The molecule has 0 saturated carbocycles. The fourth-order valence-electron chi connectivity index (χ4n) is 2.50. The van der Waals surface area contributed by atoms with Crippen molar-refractivity contribution in [2.45, 2.75) is 45.2 Å². The van der Waals surface area contributed by atoms with Gasteiger partial charge in [-0.1, -0.05) is 26.3 Å². The summed E-state index contributed by atoms with van der Waals surface area (Å²) in [5, 5.41) is 2.07. The molecule has 2 heterocycles. The van der Waals surface area contributed by atoms with Gasteiger partial charge in [0.05, 0.1) is 12.1 Å². The van der Waals surface area contributed by atoms with Crippen molar-refractivity contribution in [3.05, 3.63) is 22.4 Å². The lowest BCUT2D eigenvalue weighted by atomic mass is 9.98. The van der Waals surface area contributed by atoms with Crippen molar-refractivity contribution in [3.8, 4) is 0 Å². The molecule has 100 valence electrons. The SMILES string of the molecule is CCC(C)[C@H](N)C(=O)N1CCCC1c1cccs1. The zero-order valence-electron chi connectivity index (χ0n) is 11.1. The number of carbonyl (C=O) groups is 1. The fraction of sp³-hybridized carbons (Fsp3) is 0.643. The van der Waals surface area contributed by atoms with Gasteiger partial charge in [-0.2, -0.15) is 0 Å². The minimum absolute atomic E-state index is 0.125. The summed E-state index contributed by atoms with van der Waals surface area (Å²) >= 11 is 1.73. The molecule has 3 atom stereocenters. The van der Waals surface area contributed by atoms with Crippen molar-refractivity contribution in [2.75, 3.05) is 6.54 Å². The largest absolute Gasteiger partial charge is 0.333 e. The van der Waals surface area contributed by atoms with Gasteiger partial charge in [-0.05, 0) is 30.2 Å². The zero-order chi connectivity index (χ0) is 13.1. The third-order valence-corrected chi connectivity index (χ3v) is 4.92. The van der Waals surface area contributed by atoms with E-state index in [4.69, 9.17) is 5.73 Å². The molecule has 1 aromatic rings. The van der Waals surface area contributed by atoms with E-state index in [2.05, 4.69) is 31.4 Å². The van der Waals surface area contributed by atoms with Gasteiger partial charge < -0.3 is 10.6 Å². The molecule has 1 amide bonds. The fourth-order valence-corrected chi connectivity index (χ4v) is 3.37. The first-order valence-corrected chi connectivity index (χ1v) is 7.62. The van der Waals surface area contributed by atoms with Crippen molar-refractivity contribution < 1.29 is 4.79 Å². The van der Waals surface area contributed by atoms with Crippen LogP contribution in [0.5, 0.6) is 0 Å². The average Bonchev–Trinajstić information content (AvgIpc) is 3.05. The number of nitrogens with two attached hydrogens (primary N) is 1. The van der Waals surface area contributed by atoms with Gasteiger partial charge in [0.15, 0.2) is 0 Å². The molecular weight excluding hydrogens is 244 g/mol. The highest BCUT2D eigenvalue weighted by molar-refractivity contribution is 7.10. The van der Waals surface area contributed by atoms with E-state index in [0.717, 1.165) is 25.8 Å². The first-order valence-electron chi connectivity index (χ1n) is 6.74. The lowest BCUT2D eigenvalue weighted by molar-refractivity contribution is -0.134. The van der Waals surface area contributed by atoms with Crippen LogP contribution in [0, 0.1) is 5.92 Å². The Morgan fingerprint density at radius 3 is 3.06 bits per heavy atom. The van der Waals surface area contributed by atoms with E-state index in [-0.39, 0.29) is 23.9 Å². The van der Waals surface area contributed by atoms with E-state index < -0.39 is 0 Å². The molecule has 0 aliphatic carbocycles. The lowest BCUT2D eigenvalue weighted by Crippen LogP contribution is -2.46. The Morgan fingerprint density at radius 1 is 1.67 bits per heavy atom. The standard InChI is InChI=1S/C14H22N2OS/c1-3-10(2)13(15)14(17)16-8-4-6-11(16)12-7-5-9-18-12/h5,7,9-11,13H,3-4,6,8,15H2,1-2H3/t10?,11?,13-/m0/s1. The monoisotopic (exact) mass is 266 g/mol. The molecule has 0 spiro atoms. The second-order valence-electron chi connectivity index (χ2n) is 5.12. The second-order valence-corrected chi connectivity index (χ2v) is 6.10. The molecule has 3 nitrogen and oxygen atoms in total. The summed E-state index contributed by atoms with van der Waals surface area (Å²) in [6.45, 7) is 4.99. The molecule has 1 fully saturated rings. The molecule has 1 aliphatic heterocycles. The summed E-state index contributed by atoms with van der Waals surface area (Å²) < 4.78 is 0. The molecule has 1 aliphatic rings. The van der Waals surface area contributed by atoms with Gasteiger partial charge >= 0.3 is 0 Å². The summed E-state index contributed by atoms with van der Waals surface area (Å²) in [7, 11) is 0. The maximum Gasteiger partial charge on any atom is 0.240 e. The van der Waals surface area contributed by atoms with Gasteiger partial charge in [-0.15, -0.1) is 11.3 Å². The van der Waals surface area contributed by atoms with Crippen molar-refractivity contribution in [1.29, 1.82) is 0 Å². The molecule has 0 bridgehead atoms. The second kappa shape index (κ2) is 5.85.